The lowest BCUT2D eigenvalue weighted by Gasteiger charge is -2.00. The van der Waals surface area contributed by atoms with E-state index in [4.69, 9.17) is 0 Å². The first-order valence-corrected chi connectivity index (χ1v) is 9.71. The smallest absolute Gasteiger partial charge is 0.0169 e. The van der Waals surface area contributed by atoms with Gasteiger partial charge in [0, 0.05) is 0 Å². The maximum atomic E-state index is 2.37. The Balaban J connectivity index is 3.11. The summed E-state index contributed by atoms with van der Waals surface area (Å²) in [6.45, 7) is 4.55. The first-order chi connectivity index (χ1) is 10.4. The molecule has 0 aromatic heterocycles. The van der Waals surface area contributed by atoms with Crippen molar-refractivity contribution >= 4 is 0 Å². The zero-order valence-electron chi connectivity index (χ0n) is 14.9. The van der Waals surface area contributed by atoms with Crippen molar-refractivity contribution in [3.05, 3.63) is 24.3 Å². The minimum atomic E-state index is 1.13. The van der Waals surface area contributed by atoms with Gasteiger partial charge in [-0.15, -0.1) is 0 Å². The summed E-state index contributed by atoms with van der Waals surface area (Å²) < 4.78 is 0. The maximum Gasteiger partial charge on any atom is -0.0169 e. The molecule has 0 aliphatic carbocycles. The molecule has 124 valence electrons. The van der Waals surface area contributed by atoms with Gasteiger partial charge >= 0.3 is 0 Å². The van der Waals surface area contributed by atoms with Gasteiger partial charge in [-0.2, -0.15) is 0 Å². The van der Waals surface area contributed by atoms with E-state index in [2.05, 4.69) is 38.2 Å². The van der Waals surface area contributed by atoms with E-state index in [9.17, 15) is 0 Å². The van der Waals surface area contributed by atoms with Gasteiger partial charge in [0.05, 0.1) is 0 Å². The first kappa shape index (κ1) is 20.5. The van der Waals surface area contributed by atoms with Crippen LogP contribution in [0, 0.1) is 0 Å². The molecule has 0 fully saturated rings. The molecule has 0 bridgehead atoms. The second-order valence-corrected chi connectivity index (χ2v) is 6.29. The van der Waals surface area contributed by atoms with Crippen LogP contribution in [0.4, 0.5) is 0 Å². The highest BCUT2D eigenvalue weighted by atomic mass is 14.0. The van der Waals surface area contributed by atoms with E-state index >= 15 is 0 Å². The van der Waals surface area contributed by atoms with Gasteiger partial charge in [-0.3, -0.25) is 0 Å². The van der Waals surface area contributed by atoms with Crippen LogP contribution in [-0.2, 0) is 0 Å². The van der Waals surface area contributed by atoms with Crippen molar-refractivity contribution in [2.24, 2.45) is 0 Å². The van der Waals surface area contributed by atoms with Gasteiger partial charge in [0.2, 0.25) is 0 Å². The predicted molar refractivity (Wildman–Crippen MR) is 98.9 cm³/mol. The minimum Gasteiger partial charge on any atom is -0.0882 e. The van der Waals surface area contributed by atoms with Gasteiger partial charge in [0.1, 0.15) is 0 Å². The Hall–Kier alpha value is -0.520. The molecule has 0 heteroatoms. The zero-order valence-corrected chi connectivity index (χ0v) is 14.9. The highest BCUT2D eigenvalue weighted by Gasteiger charge is 1.91. The van der Waals surface area contributed by atoms with E-state index in [0.29, 0.717) is 0 Å². The summed E-state index contributed by atoms with van der Waals surface area (Å²) in [7, 11) is 0. The van der Waals surface area contributed by atoms with E-state index in [0.717, 1.165) is 6.42 Å². The van der Waals surface area contributed by atoms with Crippen LogP contribution in [0.2, 0.25) is 0 Å². The summed E-state index contributed by atoms with van der Waals surface area (Å²) in [4.78, 5) is 0. The van der Waals surface area contributed by atoms with Gasteiger partial charge in [-0.1, -0.05) is 102 Å². The third-order valence-corrected chi connectivity index (χ3v) is 4.05. The Morgan fingerprint density at radius 2 is 0.810 bits per heavy atom. The summed E-state index contributed by atoms with van der Waals surface area (Å²) in [6.07, 6.45) is 29.9. The van der Waals surface area contributed by atoms with Crippen LogP contribution in [0.15, 0.2) is 24.3 Å². The molecule has 0 spiro atoms. The van der Waals surface area contributed by atoms with E-state index < -0.39 is 0 Å². The van der Waals surface area contributed by atoms with E-state index in [1.807, 2.05) is 0 Å². The van der Waals surface area contributed by atoms with Gasteiger partial charge in [0.15, 0.2) is 0 Å². The minimum absolute atomic E-state index is 1.13. The summed E-state index contributed by atoms with van der Waals surface area (Å²) in [6, 6.07) is 0. The lowest BCUT2D eigenvalue weighted by atomic mass is 10.1. The van der Waals surface area contributed by atoms with Crippen LogP contribution in [0.3, 0.4) is 0 Å². The van der Waals surface area contributed by atoms with Crippen LogP contribution in [0.5, 0.6) is 0 Å². The molecular weight excluding hydrogens is 252 g/mol. The van der Waals surface area contributed by atoms with Crippen molar-refractivity contribution in [1.29, 1.82) is 0 Å². The second-order valence-electron chi connectivity index (χ2n) is 6.29. The highest BCUT2D eigenvalue weighted by molar-refractivity contribution is 4.92. The van der Waals surface area contributed by atoms with Crippen molar-refractivity contribution < 1.29 is 0 Å². The fraction of sp³-hybridized carbons (Fsp3) is 0.810. The number of unbranched alkanes of at least 4 members (excludes halogenated alkanes) is 12. The quantitative estimate of drug-likeness (QED) is 0.200. The summed E-state index contributed by atoms with van der Waals surface area (Å²) in [5, 5.41) is 0. The summed E-state index contributed by atoms with van der Waals surface area (Å²) in [5.74, 6) is 0. The topological polar surface area (TPSA) is 0 Å². The van der Waals surface area contributed by atoms with Crippen molar-refractivity contribution in [1.82, 2.24) is 0 Å². The Bertz CT molecular complexity index is 224. The Morgan fingerprint density at radius 3 is 1.33 bits per heavy atom. The molecule has 0 N–H and O–H groups in total. The molecule has 0 unspecified atom stereocenters. The second kappa shape index (κ2) is 19.5. The van der Waals surface area contributed by atoms with Crippen molar-refractivity contribution in [3.8, 4) is 0 Å². The average Bonchev–Trinajstić information content (AvgIpc) is 2.50. The molecule has 0 aliphatic rings. The fourth-order valence-electron chi connectivity index (χ4n) is 2.59. The van der Waals surface area contributed by atoms with Gasteiger partial charge in [0.25, 0.3) is 0 Å². The normalized spacial score (nSPS) is 11.9. The third-order valence-electron chi connectivity index (χ3n) is 4.05. The largest absolute Gasteiger partial charge is 0.0882 e. The molecule has 0 heterocycles. The van der Waals surface area contributed by atoms with Gasteiger partial charge < -0.3 is 0 Å². The zero-order chi connectivity index (χ0) is 15.4. The first-order valence-electron chi connectivity index (χ1n) is 9.71. The van der Waals surface area contributed by atoms with Crippen LogP contribution in [0.1, 0.15) is 110 Å². The van der Waals surface area contributed by atoms with Crippen LogP contribution >= 0.6 is 0 Å². The number of hydrogen-bond donors (Lipinski definition) is 0. The molecule has 0 rings (SSSR count). The molecule has 0 saturated carbocycles. The summed E-state index contributed by atoms with van der Waals surface area (Å²) in [5.41, 5.74) is 0. The van der Waals surface area contributed by atoms with E-state index in [-0.39, 0.29) is 0 Å². The molecule has 0 nitrogen and oxygen atoms in total. The molecule has 21 heavy (non-hydrogen) atoms. The number of hydrogen-bond acceptors (Lipinski definition) is 0. The molecule has 0 saturated heterocycles. The molecular formula is C21H40. The Kier molecular flexibility index (Phi) is 19.0. The number of allylic oxidation sites excluding steroid dienone is 4. The van der Waals surface area contributed by atoms with Gasteiger partial charge in [-0.25, -0.2) is 0 Å². The van der Waals surface area contributed by atoms with E-state index in [1.165, 1.54) is 89.9 Å². The highest BCUT2D eigenvalue weighted by Crippen LogP contribution is 2.10. The molecule has 0 amide bonds. The Labute approximate surface area is 135 Å². The molecule has 0 atom stereocenters. The van der Waals surface area contributed by atoms with Crippen molar-refractivity contribution in [2.45, 2.75) is 110 Å². The summed E-state index contributed by atoms with van der Waals surface area (Å²) >= 11 is 0. The monoisotopic (exact) mass is 292 g/mol. The van der Waals surface area contributed by atoms with Gasteiger partial charge in [-0.05, 0) is 32.1 Å². The number of rotatable bonds is 16. The predicted octanol–water partition coefficient (Wildman–Crippen LogP) is 7.99. The lowest BCUT2D eigenvalue weighted by Crippen LogP contribution is -1.80. The SMILES string of the molecule is CCCCC/C=C/C/C=C/CCCCCCCCCCC. The van der Waals surface area contributed by atoms with Crippen LogP contribution in [0.25, 0.3) is 0 Å². The van der Waals surface area contributed by atoms with Crippen molar-refractivity contribution in [2.75, 3.05) is 0 Å². The fourth-order valence-corrected chi connectivity index (χ4v) is 2.59. The molecule has 0 aromatic rings. The molecule has 0 aliphatic heterocycles. The molecule has 0 radical (unpaired) electrons. The Morgan fingerprint density at radius 1 is 0.429 bits per heavy atom. The molecule has 0 aromatic carbocycles. The van der Waals surface area contributed by atoms with Crippen LogP contribution in [-0.4, -0.2) is 0 Å². The third kappa shape index (κ3) is 19.5. The average molecular weight is 293 g/mol. The standard InChI is InChI=1S/C21H40/c1-3-5-7-9-11-13-15-17-19-21-20-18-16-14-12-10-8-6-4-2/h11,13,17,19H,3-10,12,14-16,18,20-21H2,1-2H3/b13-11+,19-17+. The maximum absolute atomic E-state index is 2.37. The van der Waals surface area contributed by atoms with Crippen LogP contribution < -0.4 is 0 Å². The lowest BCUT2D eigenvalue weighted by molar-refractivity contribution is 0.566. The van der Waals surface area contributed by atoms with E-state index in [1.54, 1.807) is 0 Å². The van der Waals surface area contributed by atoms with Crippen molar-refractivity contribution in [3.63, 3.8) is 0 Å².